The number of hydrogen-bond donors (Lipinski definition) is 0. The summed E-state index contributed by atoms with van der Waals surface area (Å²) in [5, 5.41) is 3.16. The molecule has 0 unspecified atom stereocenters. The van der Waals surface area contributed by atoms with Gasteiger partial charge in [0.05, 0.1) is 4.91 Å². The molecule has 0 aliphatic carbocycles. The number of fused-ring (bicyclic) bond motifs is 1. The fraction of sp³-hybridized carbons (Fsp3) is 0.200. The number of aliphatic imine (C=N–C) groups is 1. The zero-order valence-electron chi connectivity index (χ0n) is 16.9. The van der Waals surface area contributed by atoms with E-state index in [1.807, 2.05) is 24.3 Å². The van der Waals surface area contributed by atoms with E-state index in [0.29, 0.717) is 4.91 Å². The fourth-order valence-electron chi connectivity index (χ4n) is 3.96. The van der Waals surface area contributed by atoms with Crippen molar-refractivity contribution in [3.05, 3.63) is 82.8 Å². The number of amidine groups is 1. The Bertz CT molecular complexity index is 1150. The zero-order valence-corrected chi connectivity index (χ0v) is 17.7. The van der Waals surface area contributed by atoms with E-state index in [0.717, 1.165) is 42.3 Å². The fourth-order valence-corrected chi connectivity index (χ4v) is 4.92. The highest BCUT2D eigenvalue weighted by molar-refractivity contribution is 8.18. The van der Waals surface area contributed by atoms with Gasteiger partial charge in [0.25, 0.3) is 5.91 Å². The summed E-state index contributed by atoms with van der Waals surface area (Å²) in [5.74, 6) is -0.135. The summed E-state index contributed by atoms with van der Waals surface area (Å²) < 4.78 is 0. The molecule has 1 amide bonds. The largest absolute Gasteiger partial charge is 0.368 e. The van der Waals surface area contributed by atoms with Crippen molar-refractivity contribution in [1.29, 1.82) is 0 Å². The van der Waals surface area contributed by atoms with Crippen LogP contribution < -0.4 is 4.90 Å². The molecule has 150 valence electrons. The molecular formula is C25H23N3OS. The van der Waals surface area contributed by atoms with Crippen LogP contribution in [0.3, 0.4) is 0 Å². The number of aryl methyl sites for hydroxylation is 1. The van der Waals surface area contributed by atoms with Gasteiger partial charge in [-0.25, -0.2) is 0 Å². The van der Waals surface area contributed by atoms with Gasteiger partial charge >= 0.3 is 0 Å². The van der Waals surface area contributed by atoms with Crippen molar-refractivity contribution in [3.63, 3.8) is 0 Å². The van der Waals surface area contributed by atoms with E-state index < -0.39 is 0 Å². The second-order valence-corrected chi connectivity index (χ2v) is 8.70. The molecule has 0 spiro atoms. The third kappa shape index (κ3) is 3.73. The van der Waals surface area contributed by atoms with Crippen molar-refractivity contribution in [2.45, 2.75) is 6.92 Å². The normalized spacial score (nSPS) is 18.4. The minimum atomic E-state index is -0.135. The topological polar surface area (TPSA) is 35.9 Å². The molecule has 2 aliphatic rings. The molecule has 0 atom stereocenters. The molecule has 1 fully saturated rings. The molecule has 30 heavy (non-hydrogen) atoms. The molecule has 1 saturated heterocycles. The molecule has 3 aromatic rings. The Labute approximate surface area is 180 Å². The number of carbonyl (C=O) groups excluding carboxylic acids is 1. The molecular weight excluding hydrogens is 390 g/mol. The predicted molar refractivity (Wildman–Crippen MR) is 127 cm³/mol. The highest BCUT2D eigenvalue weighted by Crippen LogP contribution is 2.32. The average Bonchev–Trinajstić information content (AvgIpc) is 3.15. The Kier molecular flexibility index (Phi) is 5.05. The second-order valence-electron chi connectivity index (χ2n) is 7.69. The molecule has 2 heterocycles. The number of nitrogens with zero attached hydrogens (tertiary/aromatic N) is 3. The quantitative estimate of drug-likeness (QED) is 0.558. The first-order valence-electron chi connectivity index (χ1n) is 10.2. The lowest BCUT2D eigenvalue weighted by molar-refractivity contribution is -0.113. The molecule has 4 nitrogen and oxygen atoms in total. The van der Waals surface area contributed by atoms with Crippen LogP contribution in [0.2, 0.25) is 0 Å². The molecule has 3 aromatic carbocycles. The van der Waals surface area contributed by atoms with Crippen LogP contribution in [-0.4, -0.2) is 42.2 Å². The third-order valence-electron chi connectivity index (χ3n) is 5.67. The molecule has 0 N–H and O–H groups in total. The maximum Gasteiger partial charge on any atom is 0.286 e. The molecule has 5 heteroatoms. The molecule has 0 radical (unpaired) electrons. The second kappa shape index (κ2) is 8.00. The first-order chi connectivity index (χ1) is 14.7. The Morgan fingerprint density at radius 2 is 1.57 bits per heavy atom. The van der Waals surface area contributed by atoms with Gasteiger partial charge in [-0.05, 0) is 53.2 Å². The number of piperazine rings is 1. The summed E-state index contributed by atoms with van der Waals surface area (Å²) in [7, 11) is 0. The lowest BCUT2D eigenvalue weighted by Crippen LogP contribution is -2.47. The van der Waals surface area contributed by atoms with E-state index in [1.165, 1.54) is 28.4 Å². The van der Waals surface area contributed by atoms with E-state index in [1.54, 1.807) is 0 Å². The maximum atomic E-state index is 12.6. The number of carbonyl (C=O) groups is 1. The van der Waals surface area contributed by atoms with Crippen LogP contribution in [0.1, 0.15) is 11.1 Å². The van der Waals surface area contributed by atoms with Crippen LogP contribution >= 0.6 is 11.8 Å². The number of anilines is 1. The maximum absolute atomic E-state index is 12.6. The van der Waals surface area contributed by atoms with E-state index in [2.05, 4.69) is 70.2 Å². The van der Waals surface area contributed by atoms with Gasteiger partial charge in [0.1, 0.15) is 0 Å². The molecule has 0 saturated carbocycles. The summed E-state index contributed by atoms with van der Waals surface area (Å²) >= 11 is 1.50. The van der Waals surface area contributed by atoms with Gasteiger partial charge in [0.2, 0.25) is 0 Å². The van der Waals surface area contributed by atoms with Gasteiger partial charge in [-0.15, -0.1) is 0 Å². The van der Waals surface area contributed by atoms with E-state index in [4.69, 9.17) is 0 Å². The molecule has 0 aromatic heterocycles. The number of rotatable bonds is 2. The van der Waals surface area contributed by atoms with Gasteiger partial charge in [0.15, 0.2) is 5.17 Å². The summed E-state index contributed by atoms with van der Waals surface area (Å²) in [4.78, 5) is 22.3. The summed E-state index contributed by atoms with van der Waals surface area (Å²) in [6.45, 7) is 5.71. The van der Waals surface area contributed by atoms with Gasteiger partial charge in [-0.2, -0.15) is 4.99 Å². The van der Waals surface area contributed by atoms with Crippen LogP contribution in [0.5, 0.6) is 0 Å². The lowest BCUT2D eigenvalue weighted by atomic mass is 10.0. The number of amides is 1. The summed E-state index contributed by atoms with van der Waals surface area (Å²) in [6.07, 6.45) is 1.98. The smallest absolute Gasteiger partial charge is 0.286 e. The van der Waals surface area contributed by atoms with Crippen LogP contribution in [0.4, 0.5) is 5.69 Å². The highest BCUT2D eigenvalue weighted by atomic mass is 32.2. The van der Waals surface area contributed by atoms with Crippen LogP contribution in [-0.2, 0) is 4.79 Å². The van der Waals surface area contributed by atoms with Gasteiger partial charge in [-0.1, -0.05) is 60.2 Å². The van der Waals surface area contributed by atoms with Gasteiger partial charge in [0, 0.05) is 31.9 Å². The van der Waals surface area contributed by atoms with Crippen molar-refractivity contribution < 1.29 is 4.79 Å². The Balaban J connectivity index is 1.29. The summed E-state index contributed by atoms with van der Waals surface area (Å²) in [5.41, 5.74) is 3.59. The first-order valence-corrected chi connectivity index (χ1v) is 11.1. The monoisotopic (exact) mass is 413 g/mol. The van der Waals surface area contributed by atoms with Crippen LogP contribution in [0.25, 0.3) is 16.8 Å². The third-order valence-corrected chi connectivity index (χ3v) is 6.71. The van der Waals surface area contributed by atoms with E-state index in [9.17, 15) is 4.79 Å². The number of thioether (sulfide) groups is 1. The minimum absolute atomic E-state index is 0.135. The number of benzene rings is 3. The van der Waals surface area contributed by atoms with Gasteiger partial charge < -0.3 is 9.80 Å². The van der Waals surface area contributed by atoms with E-state index in [-0.39, 0.29) is 5.91 Å². The minimum Gasteiger partial charge on any atom is -0.368 e. The van der Waals surface area contributed by atoms with Crippen molar-refractivity contribution >= 4 is 45.4 Å². The highest BCUT2D eigenvalue weighted by Gasteiger charge is 2.28. The van der Waals surface area contributed by atoms with Crippen molar-refractivity contribution in [2.75, 3.05) is 31.1 Å². The van der Waals surface area contributed by atoms with E-state index >= 15 is 0 Å². The Morgan fingerprint density at radius 3 is 2.37 bits per heavy atom. The standard InChI is InChI=1S/C25H23N3OS/c1-18-9-11-21(12-10-18)27-13-15-28(16-14-27)25-26-24(29)23(30-25)17-20-7-4-6-19-5-2-3-8-22(19)20/h2-12,17H,13-16H2,1H3/b23-17+. The van der Waals surface area contributed by atoms with Crippen molar-refractivity contribution in [1.82, 2.24) is 4.90 Å². The first kappa shape index (κ1) is 18.9. The van der Waals surface area contributed by atoms with Crippen molar-refractivity contribution in [3.8, 4) is 0 Å². The SMILES string of the molecule is Cc1ccc(N2CCN(C3=NC(=O)/C(=C\c4cccc5ccccc45)S3)CC2)cc1. The van der Waals surface area contributed by atoms with Crippen molar-refractivity contribution in [2.24, 2.45) is 4.99 Å². The Hall–Kier alpha value is -3.05. The van der Waals surface area contributed by atoms with Gasteiger partial charge in [-0.3, -0.25) is 4.79 Å². The Morgan fingerprint density at radius 1 is 0.867 bits per heavy atom. The zero-order chi connectivity index (χ0) is 20.5. The summed E-state index contributed by atoms with van der Waals surface area (Å²) in [6, 6.07) is 23.1. The van der Waals surface area contributed by atoms with Crippen LogP contribution in [0.15, 0.2) is 76.6 Å². The predicted octanol–water partition coefficient (Wildman–Crippen LogP) is 4.94. The van der Waals surface area contributed by atoms with Crippen LogP contribution in [0, 0.1) is 6.92 Å². The molecule has 2 aliphatic heterocycles. The molecule has 5 rings (SSSR count). The lowest BCUT2D eigenvalue weighted by Gasteiger charge is -2.36. The molecule has 0 bridgehead atoms. The number of hydrogen-bond acceptors (Lipinski definition) is 4. The average molecular weight is 414 g/mol.